The average Bonchev–Trinajstić information content (AvgIpc) is 3.31. The molecule has 182 valence electrons. The van der Waals surface area contributed by atoms with Gasteiger partial charge in [-0.3, -0.25) is 9.59 Å². The Labute approximate surface area is 203 Å². The van der Waals surface area contributed by atoms with Crippen LogP contribution in [-0.2, 0) is 16.0 Å². The van der Waals surface area contributed by atoms with Crippen LogP contribution < -0.4 is 11.1 Å². The molecule has 0 aliphatic heterocycles. The molecule has 0 saturated heterocycles. The Balaban J connectivity index is 1.31. The Kier molecular flexibility index (Phi) is 5.91. The second-order valence-corrected chi connectivity index (χ2v) is 11.8. The molecule has 1 aromatic heterocycles. The molecule has 3 aliphatic rings. The molecule has 2 aromatic rings. The van der Waals surface area contributed by atoms with Gasteiger partial charge >= 0.3 is 0 Å². The number of nitrogens with two attached hydrogens (primary N) is 1. The van der Waals surface area contributed by atoms with E-state index < -0.39 is 11.6 Å². The minimum atomic E-state index is -0.581. The van der Waals surface area contributed by atoms with Gasteiger partial charge in [0.05, 0.1) is 5.69 Å². The monoisotopic (exact) mass is 485 g/mol. The van der Waals surface area contributed by atoms with Gasteiger partial charge in [-0.25, -0.2) is 9.37 Å². The van der Waals surface area contributed by atoms with E-state index >= 15 is 0 Å². The van der Waals surface area contributed by atoms with Gasteiger partial charge in [0, 0.05) is 29.3 Å². The average molecular weight is 486 g/mol. The van der Waals surface area contributed by atoms with Gasteiger partial charge < -0.3 is 16.2 Å². The van der Waals surface area contributed by atoms with Gasteiger partial charge in [0.15, 0.2) is 16.7 Å². The van der Waals surface area contributed by atoms with E-state index in [-0.39, 0.29) is 40.7 Å². The van der Waals surface area contributed by atoms with E-state index in [9.17, 15) is 19.1 Å². The third kappa shape index (κ3) is 3.80. The normalized spacial score (nSPS) is 29.9. The molecule has 1 amide bonds. The van der Waals surface area contributed by atoms with Crippen LogP contribution in [-0.4, -0.2) is 21.8 Å². The minimum Gasteiger partial charge on any atom is -0.503 e. The van der Waals surface area contributed by atoms with Crippen LogP contribution in [0.1, 0.15) is 73.8 Å². The number of amides is 1. The molecule has 0 bridgehead atoms. The number of hydrogen-bond acceptors (Lipinski definition) is 6. The van der Waals surface area contributed by atoms with Crippen LogP contribution >= 0.6 is 11.3 Å². The summed E-state index contributed by atoms with van der Waals surface area (Å²) in [4.78, 5) is 30.8. The molecule has 2 saturated carbocycles. The predicted octanol–water partition coefficient (Wildman–Crippen LogP) is 5.34. The van der Waals surface area contributed by atoms with Crippen LogP contribution in [0.25, 0.3) is 0 Å². The second kappa shape index (κ2) is 8.63. The summed E-state index contributed by atoms with van der Waals surface area (Å²) in [5, 5.41) is 13.5. The third-order valence-electron chi connectivity index (χ3n) is 8.66. The first-order chi connectivity index (χ1) is 16.2. The molecule has 6 nitrogen and oxygen atoms in total. The number of nitrogen functional groups attached to an aromatic ring is 1. The highest BCUT2D eigenvalue weighted by Crippen LogP contribution is 2.62. The van der Waals surface area contributed by atoms with Gasteiger partial charge in [0.25, 0.3) is 0 Å². The maximum Gasteiger partial charge on any atom is 0.226 e. The van der Waals surface area contributed by atoms with Crippen molar-refractivity contribution in [2.45, 2.75) is 71.1 Å². The largest absolute Gasteiger partial charge is 0.503 e. The Morgan fingerprint density at radius 3 is 2.94 bits per heavy atom. The molecule has 1 aromatic carbocycles. The maximum atomic E-state index is 14.8. The van der Waals surface area contributed by atoms with Gasteiger partial charge in [-0.05, 0) is 86.3 Å². The van der Waals surface area contributed by atoms with E-state index in [4.69, 9.17) is 5.73 Å². The number of phenolic OH excluding ortho intramolecular Hbond substituents is 1. The van der Waals surface area contributed by atoms with Crippen molar-refractivity contribution < 1.29 is 19.1 Å². The van der Waals surface area contributed by atoms with Gasteiger partial charge in [-0.15, -0.1) is 11.3 Å². The number of Topliss-reactive ketones (excluding diaryl/α,β-unsaturated/α-hetero) is 1. The predicted molar refractivity (Wildman–Crippen MR) is 130 cm³/mol. The van der Waals surface area contributed by atoms with Crippen molar-refractivity contribution in [3.8, 4) is 5.75 Å². The van der Waals surface area contributed by atoms with Crippen molar-refractivity contribution in [1.29, 1.82) is 0 Å². The lowest BCUT2D eigenvalue weighted by molar-refractivity contribution is -0.129. The summed E-state index contributed by atoms with van der Waals surface area (Å²) in [6.07, 6.45) is 7.27. The quantitative estimate of drug-likeness (QED) is 0.392. The summed E-state index contributed by atoms with van der Waals surface area (Å²) < 4.78 is 14.8. The summed E-state index contributed by atoms with van der Waals surface area (Å²) in [5.74, 6) is 0.185. The zero-order valence-electron chi connectivity index (χ0n) is 19.7. The van der Waals surface area contributed by atoms with Gasteiger partial charge in [0.1, 0.15) is 5.78 Å². The third-order valence-corrected chi connectivity index (χ3v) is 9.49. The number of rotatable bonds is 5. The number of aromatic hydroxyl groups is 1. The summed E-state index contributed by atoms with van der Waals surface area (Å²) in [6.45, 7) is 4.07. The highest BCUT2D eigenvalue weighted by Gasteiger charge is 2.58. The highest BCUT2D eigenvalue weighted by atomic mass is 32.1. The Hall–Kier alpha value is -2.48. The summed E-state index contributed by atoms with van der Waals surface area (Å²) in [5.41, 5.74) is 7.17. The van der Waals surface area contributed by atoms with E-state index in [0.29, 0.717) is 35.7 Å². The second-order valence-electron chi connectivity index (χ2n) is 10.6. The lowest BCUT2D eigenvalue weighted by Crippen LogP contribution is -2.44. The number of ketones is 1. The molecule has 3 unspecified atom stereocenters. The topological polar surface area (TPSA) is 105 Å². The van der Waals surface area contributed by atoms with E-state index in [0.717, 1.165) is 42.5 Å². The Bertz CT molecular complexity index is 1150. The fourth-order valence-corrected chi connectivity index (χ4v) is 7.82. The number of carbonyl (C=O) groups is 2. The fraction of sp³-hybridized carbons (Fsp3) is 0.577. The lowest BCUT2D eigenvalue weighted by Gasteiger charge is -2.50. The maximum absolute atomic E-state index is 14.8. The zero-order valence-corrected chi connectivity index (χ0v) is 20.5. The van der Waals surface area contributed by atoms with Crippen molar-refractivity contribution in [3.63, 3.8) is 0 Å². The smallest absolute Gasteiger partial charge is 0.226 e. The molecule has 8 heteroatoms. The van der Waals surface area contributed by atoms with Gasteiger partial charge in [-0.1, -0.05) is 6.92 Å². The zero-order chi connectivity index (χ0) is 24.2. The number of hydrogen-bond donors (Lipinski definition) is 3. The van der Waals surface area contributed by atoms with E-state index in [1.807, 2.05) is 6.92 Å². The standard InChI is InChI=1S/C26H32FN3O3S/c1-13-12-29-25(34-13)30-21(32)5-3-4-14-10-20(31)26(2)9-8-15-16(22(14)26)6-7-17-18(15)11-19(28)24(33)23(17)27/h11-12,14-16,22,33H,3-10,28H2,1-2H3,(H,29,30,32)/t14-,15?,16?,22?,26-/m1/s1. The Morgan fingerprint density at radius 2 is 2.21 bits per heavy atom. The molecular weight excluding hydrogens is 453 g/mol. The van der Waals surface area contributed by atoms with Gasteiger partial charge in [-0.2, -0.15) is 0 Å². The molecule has 1 heterocycles. The van der Waals surface area contributed by atoms with Crippen molar-refractivity contribution in [3.05, 3.63) is 34.1 Å². The van der Waals surface area contributed by atoms with E-state index in [1.54, 1.807) is 12.3 Å². The number of phenols is 1. The van der Waals surface area contributed by atoms with Crippen LogP contribution in [0.5, 0.6) is 5.75 Å². The van der Waals surface area contributed by atoms with Crippen LogP contribution in [0.3, 0.4) is 0 Å². The summed E-state index contributed by atoms with van der Waals surface area (Å²) in [6, 6.07) is 1.75. The number of anilines is 2. The first kappa shape index (κ1) is 23.3. The number of benzene rings is 1. The molecule has 5 atom stereocenters. The molecule has 0 radical (unpaired) electrons. The van der Waals surface area contributed by atoms with Crippen molar-refractivity contribution >= 4 is 33.8 Å². The highest BCUT2D eigenvalue weighted by molar-refractivity contribution is 7.15. The number of nitrogens with one attached hydrogen (secondary N) is 1. The number of halogens is 1. The number of fused-ring (bicyclic) bond motifs is 5. The molecule has 0 spiro atoms. The van der Waals surface area contributed by atoms with Crippen LogP contribution in [0.2, 0.25) is 0 Å². The fourth-order valence-electron chi connectivity index (χ4n) is 7.14. The minimum absolute atomic E-state index is 0.0414. The molecular formula is C26H32FN3O3S. The molecule has 5 rings (SSSR count). The number of aryl methyl sites for hydroxylation is 1. The molecule has 3 aliphatic carbocycles. The molecule has 34 heavy (non-hydrogen) atoms. The lowest BCUT2D eigenvalue weighted by atomic mass is 9.54. The first-order valence-corrected chi connectivity index (χ1v) is 13.1. The van der Waals surface area contributed by atoms with E-state index in [1.165, 1.54) is 11.3 Å². The van der Waals surface area contributed by atoms with Crippen LogP contribution in [0.15, 0.2) is 12.3 Å². The summed E-state index contributed by atoms with van der Waals surface area (Å²) >= 11 is 1.46. The molecule has 4 N–H and O–H groups in total. The van der Waals surface area contributed by atoms with Crippen LogP contribution in [0, 0.1) is 35.9 Å². The van der Waals surface area contributed by atoms with Gasteiger partial charge in [0.2, 0.25) is 5.91 Å². The van der Waals surface area contributed by atoms with Crippen molar-refractivity contribution in [2.24, 2.45) is 23.2 Å². The SMILES string of the molecule is Cc1cnc(NC(=O)CCC[C@@H]2CC(=O)[C@@]3(C)CCC4c5cc(N)c(O)c(F)c5CCC4C23)s1. The first-order valence-electron chi connectivity index (χ1n) is 12.2. The summed E-state index contributed by atoms with van der Waals surface area (Å²) in [7, 11) is 0. The Morgan fingerprint density at radius 1 is 1.41 bits per heavy atom. The molecule has 2 fully saturated rings. The van der Waals surface area contributed by atoms with Crippen molar-refractivity contribution in [1.82, 2.24) is 4.98 Å². The van der Waals surface area contributed by atoms with Crippen LogP contribution in [0.4, 0.5) is 15.2 Å². The number of carbonyl (C=O) groups excluding carboxylic acids is 2. The number of thiazole rings is 1. The van der Waals surface area contributed by atoms with Crippen molar-refractivity contribution in [2.75, 3.05) is 11.1 Å². The number of nitrogens with zero attached hydrogens (tertiary/aromatic N) is 1. The number of aromatic nitrogens is 1. The van der Waals surface area contributed by atoms with E-state index in [2.05, 4.69) is 17.2 Å².